The van der Waals surface area contributed by atoms with Crippen molar-refractivity contribution < 1.29 is 14.3 Å². The summed E-state index contributed by atoms with van der Waals surface area (Å²) in [6, 6.07) is 15.1. The average Bonchev–Trinajstić information content (AvgIpc) is 2.78. The van der Waals surface area contributed by atoms with Crippen molar-refractivity contribution in [3.63, 3.8) is 0 Å². The van der Waals surface area contributed by atoms with E-state index >= 15 is 0 Å². The molecule has 2 aliphatic heterocycles. The number of anilines is 2. The number of methoxy groups -OCH3 is 1. The van der Waals surface area contributed by atoms with Crippen molar-refractivity contribution in [2.75, 3.05) is 50.6 Å². The largest absolute Gasteiger partial charge is 0.484 e. The van der Waals surface area contributed by atoms with E-state index in [0.29, 0.717) is 37.0 Å². The van der Waals surface area contributed by atoms with Crippen LogP contribution in [0.3, 0.4) is 0 Å². The molecule has 1 saturated heterocycles. The van der Waals surface area contributed by atoms with E-state index in [1.807, 2.05) is 29.2 Å². The maximum Gasteiger partial charge on any atom is 0.260 e. The van der Waals surface area contributed by atoms with Gasteiger partial charge in [0.1, 0.15) is 17.1 Å². The van der Waals surface area contributed by atoms with Gasteiger partial charge in [0.25, 0.3) is 5.91 Å². The van der Waals surface area contributed by atoms with E-state index in [2.05, 4.69) is 10.6 Å². The first-order valence-electron chi connectivity index (χ1n) is 10.4. The van der Waals surface area contributed by atoms with E-state index < -0.39 is 5.54 Å². The molecule has 2 heterocycles. The summed E-state index contributed by atoms with van der Waals surface area (Å²) >= 11 is 6.00. The first-order chi connectivity index (χ1) is 15.1. The number of piperidine rings is 1. The highest BCUT2D eigenvalue weighted by molar-refractivity contribution is 6.30. The van der Waals surface area contributed by atoms with Gasteiger partial charge in [-0.15, -0.1) is 0 Å². The molecule has 2 aromatic carbocycles. The van der Waals surface area contributed by atoms with Gasteiger partial charge in [-0.1, -0.05) is 29.8 Å². The summed E-state index contributed by atoms with van der Waals surface area (Å²) in [5.74, 6) is 1.37. The predicted octanol–water partition coefficient (Wildman–Crippen LogP) is 3.66. The number of likely N-dealkylation sites (tertiary alicyclic amines) is 1. The molecule has 31 heavy (non-hydrogen) atoms. The molecule has 8 heteroatoms. The van der Waals surface area contributed by atoms with Crippen LogP contribution in [-0.4, -0.2) is 62.1 Å². The van der Waals surface area contributed by atoms with E-state index in [1.54, 1.807) is 31.4 Å². The van der Waals surface area contributed by atoms with E-state index in [1.165, 1.54) is 0 Å². The fourth-order valence-electron chi connectivity index (χ4n) is 4.06. The van der Waals surface area contributed by atoms with Crippen LogP contribution in [0.2, 0.25) is 5.02 Å². The Morgan fingerprint density at radius 1 is 1.23 bits per heavy atom. The minimum Gasteiger partial charge on any atom is -0.484 e. The molecule has 1 amide bonds. The fourth-order valence-corrected chi connectivity index (χ4v) is 4.24. The van der Waals surface area contributed by atoms with Crippen LogP contribution in [0.4, 0.5) is 11.4 Å². The average molecular weight is 443 g/mol. The quantitative estimate of drug-likeness (QED) is 0.668. The first-order valence-corrected chi connectivity index (χ1v) is 10.8. The number of carbonyl (C=O) groups excluding carboxylic acids is 1. The zero-order valence-corrected chi connectivity index (χ0v) is 18.3. The molecule has 164 valence electrons. The van der Waals surface area contributed by atoms with Crippen LogP contribution in [-0.2, 0) is 9.53 Å². The number of nitrogens with zero attached hydrogens (tertiary/aromatic N) is 2. The third-order valence-electron chi connectivity index (χ3n) is 5.58. The predicted molar refractivity (Wildman–Crippen MR) is 123 cm³/mol. The molecule has 0 saturated carbocycles. The summed E-state index contributed by atoms with van der Waals surface area (Å²) in [4.78, 5) is 19.6. The van der Waals surface area contributed by atoms with E-state index in [4.69, 9.17) is 26.1 Å². The van der Waals surface area contributed by atoms with Crippen LogP contribution in [0.5, 0.6) is 5.75 Å². The highest BCUT2D eigenvalue weighted by Crippen LogP contribution is 2.36. The topological polar surface area (TPSA) is 75.2 Å². The number of fused-ring (bicyclic) bond motifs is 1. The van der Waals surface area contributed by atoms with Gasteiger partial charge in [0, 0.05) is 18.7 Å². The molecule has 7 nitrogen and oxygen atoms in total. The second-order valence-corrected chi connectivity index (χ2v) is 8.20. The molecule has 1 fully saturated rings. The summed E-state index contributed by atoms with van der Waals surface area (Å²) in [7, 11) is 1.67. The van der Waals surface area contributed by atoms with Gasteiger partial charge in [0.05, 0.1) is 31.1 Å². The second kappa shape index (κ2) is 9.58. The number of amides is 1. The van der Waals surface area contributed by atoms with Crippen LogP contribution in [0.15, 0.2) is 53.5 Å². The SMILES string of the molecule is COCCN=C1Nc2ccccc2N[C@@]12CCCN(C(=O)COc1cccc(Cl)c1)C2. The Balaban J connectivity index is 1.50. The Hall–Kier alpha value is -2.77. The molecule has 0 bridgehead atoms. The first kappa shape index (κ1) is 21.5. The van der Waals surface area contributed by atoms with Crippen LogP contribution in [0, 0.1) is 0 Å². The maximum absolute atomic E-state index is 13.0. The highest BCUT2D eigenvalue weighted by atomic mass is 35.5. The normalized spacial score (nSPS) is 21.4. The van der Waals surface area contributed by atoms with Crippen LogP contribution in [0.1, 0.15) is 12.8 Å². The third-order valence-corrected chi connectivity index (χ3v) is 5.81. The van der Waals surface area contributed by atoms with Gasteiger partial charge in [0.2, 0.25) is 0 Å². The third kappa shape index (κ3) is 4.94. The molecule has 2 N–H and O–H groups in total. The lowest BCUT2D eigenvalue weighted by molar-refractivity contribution is -0.134. The number of ether oxygens (including phenoxy) is 2. The standard InChI is InChI=1S/C23H27ClN4O3/c1-30-13-11-25-22-23(27-20-9-3-2-8-19(20)26-22)10-5-12-28(16-23)21(29)15-31-18-7-4-6-17(24)14-18/h2-4,6-9,14,27H,5,10-13,15-16H2,1H3,(H,25,26)/t23-/m1/s1. The molecular weight excluding hydrogens is 416 g/mol. The summed E-state index contributed by atoms with van der Waals surface area (Å²) < 4.78 is 10.9. The lowest BCUT2D eigenvalue weighted by Gasteiger charge is -2.47. The molecule has 4 rings (SSSR count). The molecule has 0 aromatic heterocycles. The van der Waals surface area contributed by atoms with Gasteiger partial charge >= 0.3 is 0 Å². The molecule has 0 radical (unpaired) electrons. The number of aliphatic imine (C=N–C) groups is 1. The van der Waals surface area contributed by atoms with Crippen molar-refractivity contribution in [2.24, 2.45) is 4.99 Å². The number of benzene rings is 2. The van der Waals surface area contributed by atoms with Crippen LogP contribution >= 0.6 is 11.6 Å². The molecule has 2 aromatic rings. The van der Waals surface area contributed by atoms with Gasteiger partial charge in [-0.25, -0.2) is 0 Å². The number of hydrogen-bond donors (Lipinski definition) is 2. The number of para-hydroxylation sites is 2. The summed E-state index contributed by atoms with van der Waals surface area (Å²) in [6.07, 6.45) is 1.74. The molecule has 0 aliphatic carbocycles. The minimum absolute atomic E-state index is 0.0312. The summed E-state index contributed by atoms with van der Waals surface area (Å²) in [6.45, 7) is 2.26. The van der Waals surface area contributed by atoms with Crippen LogP contribution in [0.25, 0.3) is 0 Å². The lowest BCUT2D eigenvalue weighted by Crippen LogP contribution is -2.63. The van der Waals surface area contributed by atoms with E-state index in [9.17, 15) is 4.79 Å². The van der Waals surface area contributed by atoms with Crippen molar-refractivity contribution in [3.05, 3.63) is 53.6 Å². The number of halogens is 1. The Morgan fingerprint density at radius 2 is 2.06 bits per heavy atom. The highest BCUT2D eigenvalue weighted by Gasteiger charge is 2.44. The van der Waals surface area contributed by atoms with Crippen molar-refractivity contribution >= 4 is 34.7 Å². The van der Waals surface area contributed by atoms with E-state index in [0.717, 1.165) is 30.1 Å². The van der Waals surface area contributed by atoms with Crippen molar-refractivity contribution in [1.29, 1.82) is 0 Å². The van der Waals surface area contributed by atoms with Crippen molar-refractivity contribution in [3.8, 4) is 5.75 Å². The van der Waals surface area contributed by atoms with Crippen molar-refractivity contribution in [2.45, 2.75) is 18.4 Å². The van der Waals surface area contributed by atoms with Gasteiger partial charge in [-0.05, 0) is 43.2 Å². The minimum atomic E-state index is -0.466. The van der Waals surface area contributed by atoms with Gasteiger partial charge in [-0.2, -0.15) is 0 Å². The smallest absolute Gasteiger partial charge is 0.260 e. The Kier molecular flexibility index (Phi) is 6.63. The summed E-state index contributed by atoms with van der Waals surface area (Å²) in [5.41, 5.74) is 1.53. The molecular formula is C23H27ClN4O3. The Bertz CT molecular complexity index is 967. The van der Waals surface area contributed by atoms with Gasteiger partial charge in [-0.3, -0.25) is 9.79 Å². The molecule has 0 unspecified atom stereocenters. The number of hydrogen-bond acceptors (Lipinski definition) is 5. The molecule has 1 atom stereocenters. The Morgan fingerprint density at radius 3 is 2.87 bits per heavy atom. The van der Waals surface area contributed by atoms with E-state index in [-0.39, 0.29) is 12.5 Å². The molecule has 2 aliphatic rings. The molecule has 1 spiro atoms. The maximum atomic E-state index is 13.0. The number of nitrogens with one attached hydrogen (secondary N) is 2. The monoisotopic (exact) mass is 442 g/mol. The zero-order valence-electron chi connectivity index (χ0n) is 17.6. The number of rotatable bonds is 6. The Labute approximate surface area is 187 Å². The van der Waals surface area contributed by atoms with Crippen LogP contribution < -0.4 is 15.4 Å². The van der Waals surface area contributed by atoms with Crippen molar-refractivity contribution in [1.82, 2.24) is 4.90 Å². The lowest BCUT2D eigenvalue weighted by atomic mass is 9.85. The number of amidine groups is 1. The second-order valence-electron chi connectivity index (χ2n) is 7.77. The zero-order chi connectivity index (χ0) is 21.7. The summed E-state index contributed by atoms with van der Waals surface area (Å²) in [5, 5.41) is 7.74. The van der Waals surface area contributed by atoms with Gasteiger partial charge < -0.3 is 25.0 Å². The fraction of sp³-hybridized carbons (Fsp3) is 0.391. The van der Waals surface area contributed by atoms with Gasteiger partial charge in [0.15, 0.2) is 6.61 Å². The number of carbonyl (C=O) groups is 1.